The van der Waals surface area contributed by atoms with Gasteiger partial charge < -0.3 is 18.6 Å². The molecule has 0 radical (unpaired) electrons. The molecule has 1 aliphatic carbocycles. The van der Waals surface area contributed by atoms with E-state index in [0.29, 0.717) is 33.2 Å². The molecule has 370 valence electrons. The van der Waals surface area contributed by atoms with Gasteiger partial charge in [0.2, 0.25) is 0 Å². The summed E-state index contributed by atoms with van der Waals surface area (Å²) in [4.78, 5) is 59.0. The number of fused-ring (bicyclic) bond motifs is 5. The Balaban J connectivity index is 0.000000147. The molecule has 73 heavy (non-hydrogen) atoms. The molecule has 0 fully saturated rings. The highest BCUT2D eigenvalue weighted by molar-refractivity contribution is 7.92. The maximum Gasteiger partial charge on any atom is 0.423 e. The summed E-state index contributed by atoms with van der Waals surface area (Å²) in [5.74, 6) is 0.348. The molecule has 1 aromatic heterocycles. The number of alkyl halides is 3. The van der Waals surface area contributed by atoms with E-state index in [0.717, 1.165) is 29.5 Å². The lowest BCUT2D eigenvalue weighted by atomic mass is 9.92. The fraction of sp³-hybridized carbons (Fsp3) is 0.100. The van der Waals surface area contributed by atoms with E-state index in [1.165, 1.54) is 67.9 Å². The van der Waals surface area contributed by atoms with Crippen LogP contribution in [0, 0.1) is 25.1 Å². The van der Waals surface area contributed by atoms with E-state index < -0.39 is 54.0 Å². The minimum absolute atomic E-state index is 0.0376. The zero-order chi connectivity index (χ0) is 52.4. The Morgan fingerprint density at radius 2 is 1.44 bits per heavy atom. The van der Waals surface area contributed by atoms with Gasteiger partial charge in [0.25, 0.3) is 17.1 Å². The number of carbonyl (C=O) groups is 1. The highest BCUT2D eigenvalue weighted by Crippen LogP contribution is 2.44. The summed E-state index contributed by atoms with van der Waals surface area (Å²) in [6.07, 6.45) is 4.32. The van der Waals surface area contributed by atoms with Gasteiger partial charge in [-0.1, -0.05) is 59.6 Å². The summed E-state index contributed by atoms with van der Waals surface area (Å²) < 4.78 is 86.8. The lowest BCUT2D eigenvalue weighted by molar-refractivity contribution is -0.428. The van der Waals surface area contributed by atoms with Crippen molar-refractivity contribution < 1.29 is 59.6 Å². The number of benzene rings is 6. The Bertz CT molecular complexity index is 3680. The second-order valence-electron chi connectivity index (χ2n) is 15.8. The van der Waals surface area contributed by atoms with Crippen LogP contribution in [0.2, 0.25) is 10.0 Å². The number of carbonyl (C=O) groups excluding carboxylic acids is 1. The second kappa shape index (κ2) is 20.7. The first kappa shape index (κ1) is 50.8. The van der Waals surface area contributed by atoms with E-state index in [1.54, 1.807) is 48.5 Å². The van der Waals surface area contributed by atoms with Crippen LogP contribution in [0.1, 0.15) is 38.2 Å². The number of nitroso groups, excluding NO2 is 1. The third kappa shape index (κ3) is 11.2. The average molecular weight is 1060 g/mol. The molecule has 3 aliphatic rings. The van der Waals surface area contributed by atoms with E-state index in [9.17, 15) is 56.3 Å². The number of allylic oxidation sites excluding steroid dienone is 2. The quantitative estimate of drug-likeness (QED) is 0.0328. The van der Waals surface area contributed by atoms with Crippen LogP contribution in [0.25, 0.3) is 11.0 Å². The van der Waals surface area contributed by atoms with Crippen LogP contribution < -0.4 is 19.8 Å². The summed E-state index contributed by atoms with van der Waals surface area (Å²) in [6, 6.07) is 29.6. The Labute approximate surface area is 419 Å². The lowest BCUT2D eigenvalue weighted by Crippen LogP contribution is -2.15. The van der Waals surface area contributed by atoms with Gasteiger partial charge in [-0.15, -0.1) is 0 Å². The highest BCUT2D eigenvalue weighted by atomic mass is 35.5. The van der Waals surface area contributed by atoms with Crippen molar-refractivity contribution in [1.29, 1.82) is 0 Å². The highest BCUT2D eigenvalue weighted by Gasteiger charge is 2.39. The van der Waals surface area contributed by atoms with Gasteiger partial charge in [-0.2, -0.15) is 13.2 Å². The first-order valence-corrected chi connectivity index (χ1v) is 23.4. The number of nitro groups is 2. The van der Waals surface area contributed by atoms with Crippen molar-refractivity contribution in [1.82, 2.24) is 0 Å². The van der Waals surface area contributed by atoms with Crippen LogP contribution >= 0.6 is 23.2 Å². The number of nitro benzene ring substituents is 2. The minimum Gasteiger partial charge on any atom is -0.485 e. The average Bonchev–Trinajstić information content (AvgIpc) is 3.96. The maximum absolute atomic E-state index is 13.0. The normalized spacial score (nSPS) is 15.8. The molecular formula is C50H32Cl2F3N4O13S+. The molecule has 2 aliphatic heterocycles. The molecule has 0 saturated carbocycles. The van der Waals surface area contributed by atoms with Crippen LogP contribution in [-0.4, -0.2) is 48.4 Å². The van der Waals surface area contributed by atoms with Gasteiger partial charge in [0.1, 0.15) is 50.5 Å². The van der Waals surface area contributed by atoms with Crippen LogP contribution in [0.5, 0.6) is 23.0 Å². The molecule has 0 amide bonds. The number of sulfone groups is 1. The summed E-state index contributed by atoms with van der Waals surface area (Å²) in [5, 5.41) is 21.5. The number of para-hydroxylation sites is 1. The molecule has 3 atom stereocenters. The predicted molar refractivity (Wildman–Crippen MR) is 261 cm³/mol. The number of ether oxygens (including phenoxy) is 3. The van der Waals surface area contributed by atoms with Crippen molar-refractivity contribution in [2.24, 2.45) is 4.99 Å². The summed E-state index contributed by atoms with van der Waals surface area (Å²) in [5.41, 5.74) is -0.756. The number of nitrogens with zero attached hydrogens (tertiary/aromatic N) is 4. The van der Waals surface area contributed by atoms with Crippen LogP contribution in [0.15, 0.2) is 171 Å². The molecule has 0 bridgehead atoms. The molecule has 7 aromatic rings. The van der Waals surface area contributed by atoms with Gasteiger partial charge >= 0.3 is 17.8 Å². The van der Waals surface area contributed by atoms with Gasteiger partial charge in [-0.05, 0) is 78.9 Å². The molecule has 0 N–H and O–H groups in total. The second-order valence-corrected chi connectivity index (χ2v) is 18.6. The lowest BCUT2D eigenvalue weighted by Gasteiger charge is -2.14. The zero-order valence-electron chi connectivity index (χ0n) is 37.1. The first-order valence-electron chi connectivity index (χ1n) is 21.1. The van der Waals surface area contributed by atoms with Gasteiger partial charge in [-0.3, -0.25) is 25.2 Å². The largest absolute Gasteiger partial charge is 0.485 e. The first-order chi connectivity index (χ1) is 34.7. The number of esters is 1. The van der Waals surface area contributed by atoms with Crippen molar-refractivity contribution in [3.05, 3.63) is 220 Å². The van der Waals surface area contributed by atoms with Crippen molar-refractivity contribution in [3.8, 4) is 23.0 Å². The van der Waals surface area contributed by atoms with Crippen LogP contribution in [-0.2, 0) is 16.0 Å². The smallest absolute Gasteiger partial charge is 0.423 e. The van der Waals surface area contributed by atoms with Gasteiger partial charge in [0.05, 0.1) is 31.0 Å². The third-order valence-electron chi connectivity index (χ3n) is 11.1. The summed E-state index contributed by atoms with van der Waals surface area (Å²) in [6.45, 7) is 0. The number of hydrogen-bond acceptors (Lipinski definition) is 14. The van der Waals surface area contributed by atoms with Gasteiger partial charge in [-0.25, -0.2) is 18.0 Å². The monoisotopic (exact) mass is 1060 g/mol. The Morgan fingerprint density at radius 3 is 2.18 bits per heavy atom. The Kier molecular flexibility index (Phi) is 14.4. The van der Waals surface area contributed by atoms with Crippen molar-refractivity contribution in [2.45, 2.75) is 28.3 Å². The number of aliphatic imine (C=N–C) groups is 1. The van der Waals surface area contributed by atoms with Crippen LogP contribution in [0.4, 0.5) is 35.9 Å². The summed E-state index contributed by atoms with van der Waals surface area (Å²) in [7, 11) is -2.49. The van der Waals surface area contributed by atoms with Crippen molar-refractivity contribution in [3.63, 3.8) is 0 Å². The summed E-state index contributed by atoms with van der Waals surface area (Å²) >= 11 is 11.8. The molecule has 23 heteroatoms. The van der Waals surface area contributed by atoms with E-state index >= 15 is 0 Å². The van der Waals surface area contributed by atoms with E-state index in [2.05, 4.69) is 4.99 Å². The number of halogens is 5. The van der Waals surface area contributed by atoms with Gasteiger partial charge in [0.15, 0.2) is 16.9 Å². The number of rotatable bonds is 9. The molecule has 3 heterocycles. The molecule has 6 aromatic carbocycles. The van der Waals surface area contributed by atoms with Crippen molar-refractivity contribution >= 4 is 78.9 Å². The fourth-order valence-electron chi connectivity index (χ4n) is 7.60. The number of hydrogen-bond donors (Lipinski definition) is 0. The van der Waals surface area contributed by atoms with E-state index in [-0.39, 0.29) is 61.0 Å². The zero-order valence-corrected chi connectivity index (χ0v) is 39.5. The topological polar surface area (TPSA) is 228 Å². The molecule has 0 spiro atoms. The molecule has 17 nitrogen and oxygen atoms in total. The van der Waals surface area contributed by atoms with Gasteiger partial charge in [0, 0.05) is 74.7 Å². The molecule has 0 saturated heterocycles. The fourth-order valence-corrected chi connectivity index (χ4v) is 9.88. The van der Waals surface area contributed by atoms with E-state index in [1.807, 2.05) is 24.3 Å². The molecule has 10 rings (SSSR count). The van der Waals surface area contributed by atoms with Crippen molar-refractivity contribution in [2.75, 3.05) is 7.05 Å². The van der Waals surface area contributed by atoms with Crippen LogP contribution in [0.3, 0.4) is 0 Å². The maximum atomic E-state index is 13.0. The van der Waals surface area contributed by atoms with E-state index in [4.69, 9.17) is 41.8 Å². The third-order valence-corrected chi connectivity index (χ3v) is 13.8. The Morgan fingerprint density at radius 1 is 0.753 bits per heavy atom. The molecular weight excluding hydrogens is 1020 g/mol. The SMILES string of the molecule is C[N+](=O)c1ccc(Cl)c(S(=O)(=O)C2C=Nc3ccccc32)c1.O=C(Oc1ccc2c(c1)C1C=CC=CC1O2)c1ccc(Cl)c([N+](=O)[O-])c1.O=c1ccc2ccc(Oc3ccc([N+](=O)[O-])c(C(F)(F)F)c3)cc2o1. The minimum atomic E-state index is -4.90. The molecule has 3 unspecified atom stereocenters. The predicted octanol–water partition coefficient (Wildman–Crippen LogP) is 12.6. The standard InChI is InChI=1S/C19H12ClNO5.C16H8F3NO5.C15H12ClN2O3S/c20-15-7-5-11(9-16(15)21(23)24)19(22)25-12-6-8-18-14(10-12)13-3-1-2-4-17(13)26-18;17-16(18,19)12-7-10(4-5-13(12)20(22)23)24-11-3-1-9-2-6-15(21)25-14(9)8-11;1-18(19)10-6-7-12(16)14(8-10)22(20,21)15-9-17-13-5-3-2-4-11(13)15/h1-10,13,17H;1-8H;2-9,15H,1H3/q;;+1. The Hall–Kier alpha value is -8.53.